The molecule has 108 valence electrons. The molecular formula is C17H35N. The molecule has 1 aliphatic rings. The summed E-state index contributed by atoms with van der Waals surface area (Å²) in [6.07, 6.45) is 7.43. The van der Waals surface area contributed by atoms with Gasteiger partial charge in [-0.2, -0.15) is 0 Å². The Balaban J connectivity index is 2.62. The molecule has 1 nitrogen and oxygen atoms in total. The zero-order chi connectivity index (χ0) is 14.2. The summed E-state index contributed by atoms with van der Waals surface area (Å²) < 4.78 is 0. The normalized spacial score (nSPS) is 26.0. The molecule has 18 heavy (non-hydrogen) atoms. The van der Waals surface area contributed by atoms with E-state index in [1.54, 1.807) is 0 Å². The first-order valence-corrected chi connectivity index (χ1v) is 7.62. The summed E-state index contributed by atoms with van der Waals surface area (Å²) >= 11 is 0. The molecule has 1 fully saturated rings. The van der Waals surface area contributed by atoms with Gasteiger partial charge in [0, 0.05) is 5.54 Å². The molecular weight excluding hydrogens is 218 g/mol. The molecule has 0 aromatic rings. The van der Waals surface area contributed by atoms with Crippen LogP contribution in [0.25, 0.3) is 0 Å². The summed E-state index contributed by atoms with van der Waals surface area (Å²) in [5.41, 5.74) is 8.05. The van der Waals surface area contributed by atoms with Gasteiger partial charge in [0.1, 0.15) is 0 Å². The average molecular weight is 253 g/mol. The molecule has 2 N–H and O–H groups in total. The highest BCUT2D eigenvalue weighted by Crippen LogP contribution is 2.50. The Morgan fingerprint density at radius 2 is 1.33 bits per heavy atom. The Hall–Kier alpha value is -0.0400. The predicted molar refractivity (Wildman–Crippen MR) is 81.6 cm³/mol. The predicted octanol–water partition coefficient (Wildman–Crippen LogP) is 5.14. The molecule has 1 aliphatic carbocycles. The minimum Gasteiger partial charge on any atom is -0.325 e. The van der Waals surface area contributed by atoms with Gasteiger partial charge in [-0.05, 0) is 48.3 Å². The van der Waals surface area contributed by atoms with Gasteiger partial charge >= 0.3 is 0 Å². The van der Waals surface area contributed by atoms with Crippen molar-refractivity contribution in [2.45, 2.75) is 92.5 Å². The zero-order valence-electron chi connectivity index (χ0n) is 13.8. The largest absolute Gasteiger partial charge is 0.325 e. The first-order valence-electron chi connectivity index (χ1n) is 7.62. The van der Waals surface area contributed by atoms with E-state index >= 15 is 0 Å². The lowest BCUT2D eigenvalue weighted by Crippen LogP contribution is -2.52. The van der Waals surface area contributed by atoms with Gasteiger partial charge in [0.2, 0.25) is 0 Å². The van der Waals surface area contributed by atoms with Crippen molar-refractivity contribution in [3.63, 3.8) is 0 Å². The van der Waals surface area contributed by atoms with Gasteiger partial charge < -0.3 is 5.73 Å². The Morgan fingerprint density at radius 3 is 1.72 bits per heavy atom. The SMILES string of the molecule is CC(C)(C)CCCC1(N)CC(C)(C)CC(C)(C)C1. The van der Waals surface area contributed by atoms with Crippen LogP contribution in [-0.2, 0) is 0 Å². The smallest absolute Gasteiger partial charge is 0.0164 e. The van der Waals surface area contributed by atoms with Crippen molar-refractivity contribution >= 4 is 0 Å². The van der Waals surface area contributed by atoms with Crippen LogP contribution in [0.4, 0.5) is 0 Å². The van der Waals surface area contributed by atoms with E-state index in [2.05, 4.69) is 48.5 Å². The van der Waals surface area contributed by atoms with Crippen molar-refractivity contribution in [2.24, 2.45) is 22.0 Å². The summed E-state index contributed by atoms with van der Waals surface area (Å²) in [5, 5.41) is 0. The highest BCUT2D eigenvalue weighted by Gasteiger charge is 2.44. The van der Waals surface area contributed by atoms with Crippen molar-refractivity contribution in [2.75, 3.05) is 0 Å². The van der Waals surface area contributed by atoms with Crippen molar-refractivity contribution in [1.29, 1.82) is 0 Å². The van der Waals surface area contributed by atoms with E-state index in [0.717, 1.165) is 0 Å². The number of hydrogen-bond acceptors (Lipinski definition) is 1. The maximum atomic E-state index is 6.74. The highest BCUT2D eigenvalue weighted by atomic mass is 14.8. The average Bonchev–Trinajstić information content (AvgIpc) is 1.91. The van der Waals surface area contributed by atoms with Gasteiger partial charge in [-0.25, -0.2) is 0 Å². The third-order valence-electron chi connectivity index (χ3n) is 4.22. The van der Waals surface area contributed by atoms with Crippen LogP contribution in [0.2, 0.25) is 0 Å². The molecule has 0 heterocycles. The number of nitrogens with two attached hydrogens (primary N) is 1. The van der Waals surface area contributed by atoms with Gasteiger partial charge in [-0.1, -0.05) is 54.9 Å². The van der Waals surface area contributed by atoms with Gasteiger partial charge in [0.15, 0.2) is 0 Å². The number of rotatable bonds is 3. The lowest BCUT2D eigenvalue weighted by molar-refractivity contribution is 0.0420. The van der Waals surface area contributed by atoms with E-state index in [9.17, 15) is 0 Å². The van der Waals surface area contributed by atoms with Crippen LogP contribution in [0.5, 0.6) is 0 Å². The first-order chi connectivity index (χ1) is 7.83. The fourth-order valence-electron chi connectivity index (χ4n) is 4.54. The first kappa shape index (κ1) is 16.0. The van der Waals surface area contributed by atoms with E-state index in [4.69, 9.17) is 5.73 Å². The van der Waals surface area contributed by atoms with E-state index < -0.39 is 0 Å². The molecule has 0 aromatic carbocycles. The molecule has 0 aromatic heterocycles. The fraction of sp³-hybridized carbons (Fsp3) is 1.00. The monoisotopic (exact) mass is 253 g/mol. The molecule has 0 spiro atoms. The molecule has 0 saturated heterocycles. The third-order valence-corrected chi connectivity index (χ3v) is 4.22. The van der Waals surface area contributed by atoms with E-state index in [1.807, 2.05) is 0 Å². The maximum absolute atomic E-state index is 6.74. The Bertz CT molecular complexity index is 264. The summed E-state index contributed by atoms with van der Waals surface area (Å²) in [6, 6.07) is 0. The molecule has 0 radical (unpaired) electrons. The maximum Gasteiger partial charge on any atom is 0.0164 e. The summed E-state index contributed by atoms with van der Waals surface area (Å²) in [7, 11) is 0. The molecule has 0 bridgehead atoms. The second-order valence-corrected chi connectivity index (χ2v) is 9.64. The lowest BCUT2D eigenvalue weighted by Gasteiger charge is -2.50. The summed E-state index contributed by atoms with van der Waals surface area (Å²) in [5.74, 6) is 0. The minimum atomic E-state index is 0.0660. The third kappa shape index (κ3) is 5.30. The molecule has 0 aliphatic heterocycles. The van der Waals surface area contributed by atoms with E-state index in [1.165, 1.54) is 38.5 Å². The fourth-order valence-corrected chi connectivity index (χ4v) is 4.54. The topological polar surface area (TPSA) is 26.0 Å². The Labute approximate surface area is 115 Å². The molecule has 1 saturated carbocycles. The minimum absolute atomic E-state index is 0.0660. The van der Waals surface area contributed by atoms with Crippen LogP contribution < -0.4 is 5.73 Å². The van der Waals surface area contributed by atoms with Gasteiger partial charge in [0.25, 0.3) is 0 Å². The molecule has 0 amide bonds. The van der Waals surface area contributed by atoms with Gasteiger partial charge in [-0.15, -0.1) is 0 Å². The van der Waals surface area contributed by atoms with Crippen molar-refractivity contribution in [3.05, 3.63) is 0 Å². The zero-order valence-corrected chi connectivity index (χ0v) is 13.8. The second kappa shape index (κ2) is 4.81. The second-order valence-electron chi connectivity index (χ2n) is 9.64. The summed E-state index contributed by atoms with van der Waals surface area (Å²) in [4.78, 5) is 0. The molecule has 1 heteroatoms. The van der Waals surface area contributed by atoms with Crippen LogP contribution in [0.1, 0.15) is 87.0 Å². The van der Waals surface area contributed by atoms with Crippen molar-refractivity contribution < 1.29 is 0 Å². The summed E-state index contributed by atoms with van der Waals surface area (Å²) in [6.45, 7) is 16.5. The molecule has 1 rings (SSSR count). The Kier molecular flexibility index (Phi) is 4.28. The highest BCUT2D eigenvalue weighted by molar-refractivity contribution is 5.00. The van der Waals surface area contributed by atoms with Gasteiger partial charge in [-0.3, -0.25) is 0 Å². The lowest BCUT2D eigenvalue weighted by atomic mass is 9.57. The number of hydrogen-bond donors (Lipinski definition) is 1. The van der Waals surface area contributed by atoms with Crippen LogP contribution >= 0.6 is 0 Å². The van der Waals surface area contributed by atoms with E-state index in [0.29, 0.717) is 16.2 Å². The molecule has 0 unspecified atom stereocenters. The van der Waals surface area contributed by atoms with Crippen LogP contribution in [0.3, 0.4) is 0 Å². The van der Waals surface area contributed by atoms with Crippen LogP contribution in [0.15, 0.2) is 0 Å². The van der Waals surface area contributed by atoms with Crippen molar-refractivity contribution in [1.82, 2.24) is 0 Å². The van der Waals surface area contributed by atoms with Crippen molar-refractivity contribution in [3.8, 4) is 0 Å². The quantitative estimate of drug-likeness (QED) is 0.740. The standard InChI is InChI=1S/C17H35N/c1-14(2,3)9-8-10-17(18)12-15(4,5)11-16(6,7)13-17/h8-13,18H2,1-7H3. The molecule has 0 atom stereocenters. The van der Waals surface area contributed by atoms with E-state index in [-0.39, 0.29) is 5.54 Å². The van der Waals surface area contributed by atoms with Crippen LogP contribution in [-0.4, -0.2) is 5.54 Å². The Morgan fingerprint density at radius 1 is 0.889 bits per heavy atom. The van der Waals surface area contributed by atoms with Crippen LogP contribution in [0, 0.1) is 16.2 Å². The van der Waals surface area contributed by atoms with Gasteiger partial charge in [0.05, 0.1) is 0 Å².